The molecule has 1 aliphatic heterocycles. The van der Waals surface area contributed by atoms with Crippen molar-refractivity contribution in [3.05, 3.63) is 84.4 Å². The Kier molecular flexibility index (Phi) is 8.07. The summed E-state index contributed by atoms with van der Waals surface area (Å²) in [4.78, 5) is 38.6. The number of nitrogens with zero attached hydrogens (tertiary/aromatic N) is 4. The van der Waals surface area contributed by atoms with Gasteiger partial charge in [0.1, 0.15) is 24.6 Å². The zero-order valence-corrected chi connectivity index (χ0v) is 23.9. The minimum atomic E-state index is -1.29. The van der Waals surface area contributed by atoms with Gasteiger partial charge < -0.3 is 35.1 Å². The average Bonchev–Trinajstić information content (AvgIpc) is 3.60. The van der Waals surface area contributed by atoms with Crippen LogP contribution in [-0.2, 0) is 16.1 Å². The van der Waals surface area contributed by atoms with E-state index in [1.807, 2.05) is 24.3 Å². The molecule has 0 saturated carbocycles. The zero-order chi connectivity index (χ0) is 30.8. The Hall–Kier alpha value is -5.11. The lowest BCUT2D eigenvalue weighted by molar-refractivity contribution is -0.132. The number of aliphatic hydroxyl groups is 2. The molecule has 0 spiro atoms. The molecule has 13 nitrogen and oxygen atoms in total. The number of rotatable bonds is 9. The lowest BCUT2D eigenvalue weighted by Gasteiger charge is -2.23. The van der Waals surface area contributed by atoms with Crippen molar-refractivity contribution in [1.82, 2.24) is 24.8 Å². The number of imidazole rings is 1. The Bertz CT molecular complexity index is 1840. The number of hydrogen-bond acceptors (Lipinski definition) is 11. The Labute approximate surface area is 251 Å². The van der Waals surface area contributed by atoms with Crippen LogP contribution >= 0.6 is 0 Å². The summed E-state index contributed by atoms with van der Waals surface area (Å²) in [6.07, 6.45) is -0.434. The lowest BCUT2D eigenvalue weighted by atomic mass is 10.0. The van der Waals surface area contributed by atoms with Gasteiger partial charge >= 0.3 is 5.97 Å². The van der Waals surface area contributed by atoms with Crippen LogP contribution in [0.4, 0.5) is 5.82 Å². The number of methoxy groups -OCH3 is 1. The summed E-state index contributed by atoms with van der Waals surface area (Å²) in [5, 5.41) is 29.3. The molecule has 1 saturated heterocycles. The third-order valence-corrected chi connectivity index (χ3v) is 7.50. The summed E-state index contributed by atoms with van der Waals surface area (Å²) in [5.41, 5.74) is 1.93. The van der Waals surface area contributed by atoms with Crippen molar-refractivity contribution in [2.24, 2.45) is 0 Å². The maximum absolute atomic E-state index is 13.5. The number of hydrogen-bond donors (Lipinski definition) is 4. The quantitative estimate of drug-likeness (QED) is 0.145. The van der Waals surface area contributed by atoms with Crippen LogP contribution in [0.3, 0.4) is 0 Å². The molecule has 0 aliphatic carbocycles. The number of benzene rings is 3. The fourth-order valence-electron chi connectivity index (χ4n) is 5.42. The first kappa shape index (κ1) is 29.0. The number of ether oxygens (including phenoxy) is 3. The van der Waals surface area contributed by atoms with Gasteiger partial charge in [-0.3, -0.25) is 14.2 Å². The van der Waals surface area contributed by atoms with Gasteiger partial charge in [0.2, 0.25) is 0 Å². The minimum absolute atomic E-state index is 0.00989. The predicted octanol–water partition coefficient (Wildman–Crippen LogP) is 2.57. The van der Waals surface area contributed by atoms with Crippen molar-refractivity contribution in [3.8, 4) is 11.5 Å². The topological polar surface area (TPSA) is 170 Å². The van der Waals surface area contributed by atoms with Crippen LogP contribution in [0.1, 0.15) is 29.1 Å². The van der Waals surface area contributed by atoms with Gasteiger partial charge in [0.25, 0.3) is 5.91 Å². The first-order valence-electron chi connectivity index (χ1n) is 13.9. The van der Waals surface area contributed by atoms with Gasteiger partial charge in [-0.2, -0.15) is 0 Å². The molecule has 1 aliphatic rings. The molecule has 5 aromatic rings. The molecule has 3 heterocycles. The number of esters is 1. The van der Waals surface area contributed by atoms with E-state index in [0.717, 1.165) is 16.3 Å². The third kappa shape index (κ3) is 5.39. The molecule has 44 heavy (non-hydrogen) atoms. The Morgan fingerprint density at radius 3 is 2.64 bits per heavy atom. The Morgan fingerprint density at radius 1 is 1.05 bits per heavy atom. The molecule has 3 aromatic carbocycles. The molecule has 4 N–H and O–H groups in total. The summed E-state index contributed by atoms with van der Waals surface area (Å²) >= 11 is 0. The largest absolute Gasteiger partial charge is 0.493 e. The Morgan fingerprint density at radius 2 is 1.84 bits per heavy atom. The fraction of sp³-hybridized carbons (Fsp3) is 0.258. The number of nitrogens with one attached hydrogen (secondary N) is 2. The summed E-state index contributed by atoms with van der Waals surface area (Å²) in [6, 6.07) is 17.7. The normalized spacial score (nSPS) is 19.6. The number of aromatic nitrogens is 4. The lowest BCUT2D eigenvalue weighted by Crippen LogP contribution is -2.46. The van der Waals surface area contributed by atoms with E-state index in [-0.39, 0.29) is 17.1 Å². The van der Waals surface area contributed by atoms with Crippen molar-refractivity contribution in [1.29, 1.82) is 0 Å². The second-order valence-electron chi connectivity index (χ2n) is 10.2. The van der Waals surface area contributed by atoms with Gasteiger partial charge in [-0.1, -0.05) is 48.5 Å². The highest BCUT2D eigenvalue weighted by molar-refractivity contribution is 5.99. The van der Waals surface area contributed by atoms with Gasteiger partial charge in [0, 0.05) is 13.5 Å². The highest BCUT2D eigenvalue weighted by Crippen LogP contribution is 2.35. The van der Waals surface area contributed by atoms with Crippen LogP contribution in [0.5, 0.6) is 11.5 Å². The number of aliphatic hydroxyl groups excluding tert-OH is 2. The molecular formula is C31H30N6O7. The van der Waals surface area contributed by atoms with Crippen molar-refractivity contribution in [2.45, 2.75) is 37.9 Å². The maximum atomic E-state index is 13.5. The predicted molar refractivity (Wildman–Crippen MR) is 159 cm³/mol. The van der Waals surface area contributed by atoms with Crippen molar-refractivity contribution < 1.29 is 34.0 Å². The second kappa shape index (κ2) is 12.2. The minimum Gasteiger partial charge on any atom is -0.493 e. The molecule has 1 amide bonds. The second-order valence-corrected chi connectivity index (χ2v) is 10.2. The van der Waals surface area contributed by atoms with E-state index in [0.29, 0.717) is 23.5 Å². The Balaban J connectivity index is 1.29. The highest BCUT2D eigenvalue weighted by Gasteiger charge is 2.46. The molecule has 1 fully saturated rings. The van der Waals surface area contributed by atoms with Crippen LogP contribution < -0.4 is 20.1 Å². The summed E-state index contributed by atoms with van der Waals surface area (Å²) < 4.78 is 18.1. The number of anilines is 1. The van der Waals surface area contributed by atoms with Crippen LogP contribution in [0, 0.1) is 0 Å². The zero-order valence-electron chi connectivity index (χ0n) is 23.9. The number of amides is 1. The molecule has 226 valence electrons. The fourth-order valence-corrected chi connectivity index (χ4v) is 5.42. The van der Waals surface area contributed by atoms with Gasteiger partial charge in [0.05, 0.1) is 25.6 Å². The van der Waals surface area contributed by atoms with Crippen molar-refractivity contribution in [3.63, 3.8) is 0 Å². The monoisotopic (exact) mass is 598 g/mol. The third-order valence-electron chi connectivity index (χ3n) is 7.50. The molecule has 4 atom stereocenters. The van der Waals surface area contributed by atoms with Crippen LogP contribution in [0.15, 0.2) is 73.3 Å². The van der Waals surface area contributed by atoms with Gasteiger partial charge in [0.15, 0.2) is 34.7 Å². The summed E-state index contributed by atoms with van der Waals surface area (Å²) in [5.74, 6) is -0.691. The van der Waals surface area contributed by atoms with Gasteiger partial charge in [-0.25, -0.2) is 15.0 Å². The van der Waals surface area contributed by atoms with Crippen LogP contribution in [0.25, 0.3) is 21.9 Å². The van der Waals surface area contributed by atoms with E-state index < -0.39 is 43.0 Å². The first-order chi connectivity index (χ1) is 21.4. The van der Waals surface area contributed by atoms with E-state index in [2.05, 4.69) is 43.8 Å². The molecule has 0 bridgehead atoms. The van der Waals surface area contributed by atoms with Gasteiger partial charge in [-0.05, 0) is 28.5 Å². The van der Waals surface area contributed by atoms with E-state index >= 15 is 0 Å². The number of carbonyl (C=O) groups excluding carboxylic acids is 2. The molecule has 6 rings (SSSR count). The van der Waals surface area contributed by atoms with Crippen molar-refractivity contribution in [2.75, 3.05) is 19.0 Å². The maximum Gasteiger partial charge on any atom is 0.308 e. The first-order valence-corrected chi connectivity index (χ1v) is 13.9. The SMILES string of the molecule is COc1cccc(C(=O)N[C@@H]2[C@H](O)[C@@H](CO)O[C@H]2n2cnc3c(NCc4cccc5ccccc45)ncnc32)c1OC(C)=O. The van der Waals surface area contributed by atoms with Crippen LogP contribution in [0.2, 0.25) is 0 Å². The smallest absolute Gasteiger partial charge is 0.308 e. The summed E-state index contributed by atoms with van der Waals surface area (Å²) in [6.45, 7) is 1.19. The average molecular weight is 599 g/mol. The number of carbonyl (C=O) groups is 2. The van der Waals surface area contributed by atoms with E-state index in [1.54, 1.807) is 16.7 Å². The number of para-hydroxylation sites is 1. The van der Waals surface area contributed by atoms with Crippen molar-refractivity contribution >= 4 is 39.6 Å². The van der Waals surface area contributed by atoms with Crippen LogP contribution in [-0.4, -0.2) is 73.6 Å². The standard InChI is InChI=1S/C31H30N6O7/c1-17(39)43-27-21(11-6-12-22(27)42-2)30(41)36-24-26(40)23(14-38)44-31(24)37-16-35-25-28(33-15-34-29(25)37)32-13-19-9-5-8-18-7-3-4-10-20(18)19/h3-12,15-16,23-24,26,31,38,40H,13-14H2,1-2H3,(H,36,41)(H,32,33,34)/t23-,24-,26-,31-/m1/s1. The molecule has 2 aromatic heterocycles. The molecule has 13 heteroatoms. The highest BCUT2D eigenvalue weighted by atomic mass is 16.6. The molecular weight excluding hydrogens is 568 g/mol. The number of fused-ring (bicyclic) bond motifs is 2. The molecule has 0 radical (unpaired) electrons. The van der Waals surface area contributed by atoms with E-state index in [4.69, 9.17) is 14.2 Å². The van der Waals surface area contributed by atoms with E-state index in [9.17, 15) is 19.8 Å². The van der Waals surface area contributed by atoms with Gasteiger partial charge in [-0.15, -0.1) is 0 Å². The summed E-state index contributed by atoms with van der Waals surface area (Å²) in [7, 11) is 1.39. The van der Waals surface area contributed by atoms with E-state index in [1.165, 1.54) is 32.8 Å². The molecule has 0 unspecified atom stereocenters.